The fourth-order valence-electron chi connectivity index (χ4n) is 4.70. The van der Waals surface area contributed by atoms with Crippen molar-refractivity contribution in [1.29, 1.82) is 0 Å². The quantitative estimate of drug-likeness (QED) is 0.758. The van der Waals surface area contributed by atoms with Crippen LogP contribution in [0.1, 0.15) is 43.7 Å². The van der Waals surface area contributed by atoms with E-state index in [1.54, 1.807) is 0 Å². The SMILES string of the molecule is CC(C)(CO)CN1CCC(NC(=O)OCC2c3ccccc3-c3ccccc32)CC1. The van der Waals surface area contributed by atoms with E-state index in [9.17, 15) is 9.90 Å². The van der Waals surface area contributed by atoms with Gasteiger partial charge in [-0.3, -0.25) is 0 Å². The number of alkyl carbamates (subject to hydrolysis) is 1. The zero-order valence-electron chi connectivity index (χ0n) is 17.9. The summed E-state index contributed by atoms with van der Waals surface area (Å²) in [5.74, 6) is 0.0886. The standard InChI is InChI=1S/C25H32N2O3/c1-25(2,17-28)16-27-13-11-18(12-14-27)26-24(29)30-15-23-21-9-5-3-7-19(21)20-8-4-6-10-22(20)23/h3-10,18,23,28H,11-17H2,1-2H3,(H,26,29). The molecule has 0 unspecified atom stereocenters. The summed E-state index contributed by atoms with van der Waals surface area (Å²) >= 11 is 0. The van der Waals surface area contributed by atoms with E-state index >= 15 is 0 Å². The van der Waals surface area contributed by atoms with Crippen molar-refractivity contribution in [3.63, 3.8) is 0 Å². The molecule has 0 saturated carbocycles. The Morgan fingerprint density at radius 1 is 1.07 bits per heavy atom. The molecule has 2 aliphatic rings. The third kappa shape index (κ3) is 4.52. The van der Waals surface area contributed by atoms with E-state index in [1.165, 1.54) is 22.3 Å². The van der Waals surface area contributed by atoms with Gasteiger partial charge in [0.25, 0.3) is 0 Å². The van der Waals surface area contributed by atoms with Gasteiger partial charge in [-0.1, -0.05) is 62.4 Å². The number of ether oxygens (including phenoxy) is 1. The Bertz CT molecular complexity index is 842. The Labute approximate surface area is 179 Å². The van der Waals surface area contributed by atoms with Gasteiger partial charge >= 0.3 is 6.09 Å². The number of nitrogens with zero attached hydrogens (tertiary/aromatic N) is 1. The zero-order chi connectivity index (χ0) is 21.1. The molecule has 4 rings (SSSR count). The topological polar surface area (TPSA) is 61.8 Å². The Morgan fingerprint density at radius 2 is 1.63 bits per heavy atom. The summed E-state index contributed by atoms with van der Waals surface area (Å²) in [4.78, 5) is 14.8. The average molecular weight is 409 g/mol. The monoisotopic (exact) mass is 408 g/mol. The lowest BCUT2D eigenvalue weighted by Crippen LogP contribution is -2.47. The molecule has 0 bridgehead atoms. The number of amides is 1. The lowest BCUT2D eigenvalue weighted by atomic mass is 9.92. The highest BCUT2D eigenvalue weighted by atomic mass is 16.5. The van der Waals surface area contributed by atoms with Gasteiger partial charge in [0, 0.05) is 43.6 Å². The number of aliphatic hydroxyl groups excluding tert-OH is 1. The van der Waals surface area contributed by atoms with Crippen LogP contribution in [-0.4, -0.2) is 55.0 Å². The summed E-state index contributed by atoms with van der Waals surface area (Å²) < 4.78 is 5.67. The van der Waals surface area contributed by atoms with Gasteiger partial charge in [0.1, 0.15) is 6.61 Å². The molecule has 160 valence electrons. The zero-order valence-corrected chi connectivity index (χ0v) is 17.9. The number of benzene rings is 2. The number of carbonyl (C=O) groups is 1. The molecule has 0 aromatic heterocycles. The summed E-state index contributed by atoms with van der Waals surface area (Å²) in [5.41, 5.74) is 4.84. The predicted octanol–water partition coefficient (Wildman–Crippen LogP) is 4.01. The number of fused-ring (bicyclic) bond motifs is 3. The molecule has 5 nitrogen and oxygen atoms in total. The van der Waals surface area contributed by atoms with Gasteiger partial charge in [0.2, 0.25) is 0 Å². The lowest BCUT2D eigenvalue weighted by Gasteiger charge is -2.36. The van der Waals surface area contributed by atoms with Crippen molar-refractivity contribution in [2.75, 3.05) is 32.8 Å². The molecule has 1 fully saturated rings. The van der Waals surface area contributed by atoms with E-state index in [2.05, 4.69) is 60.5 Å². The van der Waals surface area contributed by atoms with Crippen LogP contribution in [0.3, 0.4) is 0 Å². The van der Waals surface area contributed by atoms with Gasteiger partial charge < -0.3 is 20.1 Å². The van der Waals surface area contributed by atoms with Crippen LogP contribution >= 0.6 is 0 Å². The van der Waals surface area contributed by atoms with E-state index in [0.29, 0.717) is 6.61 Å². The molecule has 1 amide bonds. The summed E-state index contributed by atoms with van der Waals surface area (Å²) in [5, 5.41) is 12.5. The fraction of sp³-hybridized carbons (Fsp3) is 0.480. The smallest absolute Gasteiger partial charge is 0.407 e. The number of nitrogens with one attached hydrogen (secondary N) is 1. The van der Waals surface area contributed by atoms with Crippen LogP contribution < -0.4 is 5.32 Å². The van der Waals surface area contributed by atoms with Crippen molar-refractivity contribution < 1.29 is 14.6 Å². The molecule has 0 spiro atoms. The van der Waals surface area contributed by atoms with Gasteiger partial charge in [-0.15, -0.1) is 0 Å². The van der Waals surface area contributed by atoms with Gasteiger partial charge in [0.15, 0.2) is 0 Å². The van der Waals surface area contributed by atoms with Crippen molar-refractivity contribution in [1.82, 2.24) is 10.2 Å². The second-order valence-corrected chi connectivity index (χ2v) is 9.34. The van der Waals surface area contributed by atoms with E-state index in [1.807, 2.05) is 12.1 Å². The molecule has 2 N–H and O–H groups in total. The molecule has 1 heterocycles. The summed E-state index contributed by atoms with van der Waals surface area (Å²) in [7, 11) is 0. The van der Waals surface area contributed by atoms with E-state index < -0.39 is 0 Å². The predicted molar refractivity (Wildman–Crippen MR) is 119 cm³/mol. The largest absolute Gasteiger partial charge is 0.449 e. The number of aliphatic hydroxyl groups is 1. The first kappa shape index (κ1) is 20.9. The molecule has 1 saturated heterocycles. The molecule has 30 heavy (non-hydrogen) atoms. The highest BCUT2D eigenvalue weighted by Crippen LogP contribution is 2.44. The Hall–Kier alpha value is -2.37. The normalized spacial score (nSPS) is 17.4. The molecule has 5 heteroatoms. The van der Waals surface area contributed by atoms with Gasteiger partial charge in [-0.05, 0) is 35.1 Å². The third-order valence-corrected chi connectivity index (χ3v) is 6.33. The van der Waals surface area contributed by atoms with Crippen LogP contribution in [-0.2, 0) is 4.74 Å². The van der Waals surface area contributed by atoms with Gasteiger partial charge in [0.05, 0.1) is 0 Å². The number of carbonyl (C=O) groups excluding carboxylic acids is 1. The summed E-state index contributed by atoms with van der Waals surface area (Å²) in [6.07, 6.45) is 1.49. The molecule has 1 aliphatic heterocycles. The highest BCUT2D eigenvalue weighted by Gasteiger charge is 2.30. The van der Waals surface area contributed by atoms with Crippen molar-refractivity contribution in [3.05, 3.63) is 59.7 Å². The van der Waals surface area contributed by atoms with Crippen molar-refractivity contribution in [3.8, 4) is 11.1 Å². The fourth-order valence-corrected chi connectivity index (χ4v) is 4.70. The maximum atomic E-state index is 12.5. The van der Waals surface area contributed by atoms with Crippen LogP contribution in [0.4, 0.5) is 4.79 Å². The number of likely N-dealkylation sites (tertiary alicyclic amines) is 1. The maximum Gasteiger partial charge on any atom is 0.407 e. The molecule has 0 atom stereocenters. The summed E-state index contributed by atoms with van der Waals surface area (Å²) in [6, 6.07) is 16.9. The number of piperidine rings is 1. The maximum absolute atomic E-state index is 12.5. The van der Waals surface area contributed by atoms with E-state index in [0.717, 1.165) is 32.5 Å². The first-order valence-electron chi connectivity index (χ1n) is 10.9. The highest BCUT2D eigenvalue weighted by molar-refractivity contribution is 5.79. The second-order valence-electron chi connectivity index (χ2n) is 9.34. The van der Waals surface area contributed by atoms with Gasteiger partial charge in [-0.25, -0.2) is 4.79 Å². The van der Waals surface area contributed by atoms with Crippen LogP contribution in [0.25, 0.3) is 11.1 Å². The van der Waals surface area contributed by atoms with Crippen LogP contribution in [0.15, 0.2) is 48.5 Å². The average Bonchev–Trinajstić information content (AvgIpc) is 3.07. The van der Waals surface area contributed by atoms with Crippen molar-refractivity contribution >= 4 is 6.09 Å². The Balaban J connectivity index is 1.29. The molecule has 2 aromatic carbocycles. The third-order valence-electron chi connectivity index (χ3n) is 6.33. The molecule has 2 aromatic rings. The first-order chi connectivity index (χ1) is 14.5. The minimum absolute atomic E-state index is 0.0886. The van der Waals surface area contributed by atoms with Crippen LogP contribution in [0.5, 0.6) is 0 Å². The van der Waals surface area contributed by atoms with Crippen LogP contribution in [0.2, 0.25) is 0 Å². The molecular weight excluding hydrogens is 376 g/mol. The molecule has 1 aliphatic carbocycles. The van der Waals surface area contributed by atoms with Crippen molar-refractivity contribution in [2.24, 2.45) is 5.41 Å². The Kier molecular flexibility index (Phi) is 6.11. The minimum atomic E-state index is -0.328. The van der Waals surface area contributed by atoms with Crippen LogP contribution in [0, 0.1) is 5.41 Å². The van der Waals surface area contributed by atoms with Gasteiger partial charge in [-0.2, -0.15) is 0 Å². The lowest BCUT2D eigenvalue weighted by molar-refractivity contribution is 0.0833. The first-order valence-corrected chi connectivity index (χ1v) is 10.9. The van der Waals surface area contributed by atoms with E-state index in [-0.39, 0.29) is 30.1 Å². The van der Waals surface area contributed by atoms with Crippen molar-refractivity contribution in [2.45, 2.75) is 38.6 Å². The number of hydrogen-bond donors (Lipinski definition) is 2. The summed E-state index contributed by atoms with van der Waals surface area (Å²) in [6.45, 7) is 7.42. The second kappa shape index (κ2) is 8.78. The molecular formula is C25H32N2O3. The minimum Gasteiger partial charge on any atom is -0.449 e. The number of hydrogen-bond acceptors (Lipinski definition) is 4. The number of rotatable bonds is 6. The molecule has 0 radical (unpaired) electrons. The Morgan fingerprint density at radius 3 is 2.20 bits per heavy atom. The van der Waals surface area contributed by atoms with E-state index in [4.69, 9.17) is 4.74 Å².